The second-order valence-corrected chi connectivity index (χ2v) is 5.66. The summed E-state index contributed by atoms with van der Waals surface area (Å²) in [4.78, 5) is 27.0. The number of ketones is 1. The van der Waals surface area contributed by atoms with Crippen LogP contribution >= 0.6 is 0 Å². The quantitative estimate of drug-likeness (QED) is 0.640. The van der Waals surface area contributed by atoms with Crippen LogP contribution in [0.1, 0.15) is 32.1 Å². The van der Waals surface area contributed by atoms with Gasteiger partial charge in [0.05, 0.1) is 0 Å². The van der Waals surface area contributed by atoms with Crippen LogP contribution in [0.15, 0.2) is 36.0 Å². The van der Waals surface area contributed by atoms with Gasteiger partial charge >= 0.3 is 0 Å². The first kappa shape index (κ1) is 15.4. The van der Waals surface area contributed by atoms with E-state index in [0.29, 0.717) is 11.7 Å². The minimum Gasteiger partial charge on any atom is -0.494 e. The minimum atomic E-state index is -0.520. The largest absolute Gasteiger partial charge is 0.494 e. The molecular formula is C16H22N2O3. The van der Waals surface area contributed by atoms with Crippen LogP contribution in [0.4, 0.5) is 0 Å². The number of amides is 1. The molecule has 2 aliphatic rings. The molecule has 0 spiro atoms. The second kappa shape index (κ2) is 6.16. The van der Waals surface area contributed by atoms with E-state index < -0.39 is 11.7 Å². The van der Waals surface area contributed by atoms with E-state index in [1.54, 1.807) is 7.05 Å². The molecule has 0 aromatic heterocycles. The molecule has 114 valence electrons. The molecule has 5 nitrogen and oxygen atoms in total. The van der Waals surface area contributed by atoms with E-state index in [4.69, 9.17) is 0 Å². The van der Waals surface area contributed by atoms with Crippen molar-refractivity contribution in [3.05, 3.63) is 36.0 Å². The summed E-state index contributed by atoms with van der Waals surface area (Å²) < 4.78 is 0. The highest BCUT2D eigenvalue weighted by Gasteiger charge is 2.34. The summed E-state index contributed by atoms with van der Waals surface area (Å²) in [5, 5.41) is 10.0. The number of carbonyl (C=O) groups excluding carboxylic acids is 2. The Bertz CT molecular complexity index is 528. The lowest BCUT2D eigenvalue weighted by atomic mass is 9.88. The molecule has 0 unspecified atom stereocenters. The molecule has 0 saturated heterocycles. The Balaban J connectivity index is 2.18. The maximum atomic E-state index is 12.3. The Kier molecular flexibility index (Phi) is 4.50. The van der Waals surface area contributed by atoms with E-state index in [0.717, 1.165) is 12.8 Å². The van der Waals surface area contributed by atoms with Crippen molar-refractivity contribution in [2.75, 3.05) is 14.1 Å². The van der Waals surface area contributed by atoms with Crippen molar-refractivity contribution in [3.63, 3.8) is 0 Å². The van der Waals surface area contributed by atoms with Gasteiger partial charge in [0.25, 0.3) is 5.91 Å². The molecule has 1 N–H and O–H groups in total. The summed E-state index contributed by atoms with van der Waals surface area (Å²) in [6, 6.07) is 0. The lowest BCUT2D eigenvalue weighted by molar-refractivity contribution is -0.129. The van der Waals surface area contributed by atoms with E-state index in [-0.39, 0.29) is 11.5 Å². The number of likely N-dealkylation sites (N-methyl/N-ethyl adjacent to an activating group) is 1. The maximum absolute atomic E-state index is 12.3. The Morgan fingerprint density at radius 2 is 1.86 bits per heavy atom. The molecule has 1 fully saturated rings. The van der Waals surface area contributed by atoms with Crippen LogP contribution in [0.25, 0.3) is 0 Å². The molecule has 0 atom stereocenters. The molecule has 0 aromatic rings. The highest BCUT2D eigenvalue weighted by Crippen LogP contribution is 2.26. The second-order valence-electron chi connectivity index (χ2n) is 5.66. The first-order chi connectivity index (χ1) is 9.93. The lowest BCUT2D eigenvalue weighted by Crippen LogP contribution is -2.42. The minimum absolute atomic E-state index is 0.195. The monoisotopic (exact) mass is 290 g/mol. The van der Waals surface area contributed by atoms with Crippen LogP contribution in [0.5, 0.6) is 0 Å². The van der Waals surface area contributed by atoms with Gasteiger partial charge in [-0.25, -0.2) is 0 Å². The van der Waals surface area contributed by atoms with Crippen molar-refractivity contribution in [1.82, 2.24) is 9.80 Å². The standard InChI is InChI=1S/C16H22N2O3/c1-11-17(2)15(20)14(16(21)18(11)3)13(19)10-9-12-7-5-4-6-8-12/h9-10,12,20H,1,4-8H2,2-3H3/b10-9+. The zero-order chi connectivity index (χ0) is 15.6. The fraction of sp³-hybridized carbons (Fsp3) is 0.500. The van der Waals surface area contributed by atoms with Gasteiger partial charge in [-0.05, 0) is 24.8 Å². The van der Waals surface area contributed by atoms with Crippen LogP contribution in [0.3, 0.4) is 0 Å². The van der Waals surface area contributed by atoms with Crippen molar-refractivity contribution in [2.45, 2.75) is 32.1 Å². The van der Waals surface area contributed by atoms with Crippen molar-refractivity contribution >= 4 is 11.7 Å². The Hall–Kier alpha value is -2.04. The molecule has 21 heavy (non-hydrogen) atoms. The molecule has 0 aromatic carbocycles. The van der Waals surface area contributed by atoms with E-state index in [2.05, 4.69) is 6.58 Å². The van der Waals surface area contributed by atoms with Crippen LogP contribution in [-0.4, -0.2) is 40.7 Å². The summed E-state index contributed by atoms with van der Waals surface area (Å²) in [6.07, 6.45) is 9.08. The molecule has 1 saturated carbocycles. The van der Waals surface area contributed by atoms with Gasteiger partial charge in [0.1, 0.15) is 11.4 Å². The zero-order valence-corrected chi connectivity index (χ0v) is 12.6. The number of rotatable bonds is 3. The normalized spacial score (nSPS) is 21.6. The Morgan fingerprint density at radius 3 is 2.48 bits per heavy atom. The highest BCUT2D eigenvalue weighted by molar-refractivity contribution is 6.24. The number of carbonyl (C=O) groups is 2. The summed E-state index contributed by atoms with van der Waals surface area (Å²) in [5.74, 6) is -0.565. The van der Waals surface area contributed by atoms with Crippen molar-refractivity contribution < 1.29 is 14.7 Å². The molecule has 2 rings (SSSR count). The third kappa shape index (κ3) is 3.01. The predicted molar refractivity (Wildman–Crippen MR) is 80.0 cm³/mol. The summed E-state index contributed by atoms with van der Waals surface area (Å²) in [5.41, 5.74) is -0.195. The van der Waals surface area contributed by atoms with E-state index in [9.17, 15) is 14.7 Å². The van der Waals surface area contributed by atoms with Gasteiger partial charge < -0.3 is 10.0 Å². The smallest absolute Gasteiger partial charge is 0.268 e. The zero-order valence-electron chi connectivity index (χ0n) is 12.6. The maximum Gasteiger partial charge on any atom is 0.268 e. The fourth-order valence-corrected chi connectivity index (χ4v) is 2.74. The Labute approximate surface area is 125 Å². The van der Waals surface area contributed by atoms with Gasteiger partial charge in [-0.3, -0.25) is 14.5 Å². The predicted octanol–water partition coefficient (Wildman–Crippen LogP) is 2.34. The van der Waals surface area contributed by atoms with Crippen LogP contribution in [0.2, 0.25) is 0 Å². The molecule has 1 amide bonds. The van der Waals surface area contributed by atoms with Gasteiger partial charge in [0, 0.05) is 14.1 Å². The number of aliphatic hydroxyl groups excluding tert-OH is 1. The van der Waals surface area contributed by atoms with Gasteiger partial charge in [0.15, 0.2) is 5.78 Å². The van der Waals surface area contributed by atoms with E-state index >= 15 is 0 Å². The number of hydrogen-bond donors (Lipinski definition) is 1. The summed E-state index contributed by atoms with van der Waals surface area (Å²) in [6.45, 7) is 3.70. The SMILES string of the molecule is C=C1N(C)C(=O)C(C(=O)/C=C/C2CCCCC2)=C(O)N1C. The first-order valence-electron chi connectivity index (χ1n) is 7.30. The van der Waals surface area contributed by atoms with Gasteiger partial charge in [-0.15, -0.1) is 0 Å². The van der Waals surface area contributed by atoms with Gasteiger partial charge in [-0.2, -0.15) is 0 Å². The van der Waals surface area contributed by atoms with Gasteiger partial charge in [-0.1, -0.05) is 31.9 Å². The molecule has 1 aliphatic heterocycles. The highest BCUT2D eigenvalue weighted by atomic mass is 16.3. The van der Waals surface area contributed by atoms with Gasteiger partial charge in [0.2, 0.25) is 5.88 Å². The number of aliphatic hydroxyl groups is 1. The van der Waals surface area contributed by atoms with Crippen LogP contribution < -0.4 is 0 Å². The Morgan fingerprint density at radius 1 is 1.24 bits per heavy atom. The number of allylic oxidation sites excluding steroid dienone is 2. The first-order valence-corrected chi connectivity index (χ1v) is 7.30. The third-order valence-corrected chi connectivity index (χ3v) is 4.25. The number of hydrogen-bond acceptors (Lipinski definition) is 4. The average molecular weight is 290 g/mol. The molecule has 1 aliphatic carbocycles. The van der Waals surface area contributed by atoms with Crippen LogP contribution in [-0.2, 0) is 9.59 Å². The number of nitrogens with zero attached hydrogens (tertiary/aromatic N) is 2. The molecule has 5 heteroatoms. The van der Waals surface area contributed by atoms with E-state index in [1.807, 2.05) is 6.08 Å². The topological polar surface area (TPSA) is 60.9 Å². The van der Waals surface area contributed by atoms with Crippen molar-refractivity contribution in [3.8, 4) is 0 Å². The lowest BCUT2D eigenvalue weighted by Gasteiger charge is -2.33. The molecule has 1 heterocycles. The molecule has 0 radical (unpaired) electrons. The van der Waals surface area contributed by atoms with Crippen molar-refractivity contribution in [1.29, 1.82) is 0 Å². The van der Waals surface area contributed by atoms with Crippen molar-refractivity contribution in [2.24, 2.45) is 5.92 Å². The molecular weight excluding hydrogens is 268 g/mol. The average Bonchev–Trinajstić information content (AvgIpc) is 2.50. The fourth-order valence-electron chi connectivity index (χ4n) is 2.74. The third-order valence-electron chi connectivity index (χ3n) is 4.25. The van der Waals surface area contributed by atoms with E-state index in [1.165, 1.54) is 42.2 Å². The summed E-state index contributed by atoms with van der Waals surface area (Å²) >= 11 is 0. The van der Waals surface area contributed by atoms with Crippen LogP contribution in [0, 0.1) is 5.92 Å². The summed E-state index contributed by atoms with van der Waals surface area (Å²) in [7, 11) is 3.10. The molecule has 0 bridgehead atoms.